The molecule has 2 aromatic heterocycles. The van der Waals surface area contributed by atoms with Crippen molar-refractivity contribution in [2.75, 3.05) is 0 Å². The molecule has 76 valence electrons. The minimum Gasteiger partial charge on any atom is -0.321 e. The molecular formula is C11H11N3O. The Kier molecular flexibility index (Phi) is 2.43. The molecule has 1 unspecified atom stereocenters. The lowest BCUT2D eigenvalue weighted by Gasteiger charge is -2.06. The van der Waals surface area contributed by atoms with Gasteiger partial charge in [-0.3, -0.25) is 14.8 Å². The van der Waals surface area contributed by atoms with Gasteiger partial charge in [0.25, 0.3) is 0 Å². The van der Waals surface area contributed by atoms with E-state index < -0.39 is 6.04 Å². The Morgan fingerprint density at radius 1 is 1.33 bits per heavy atom. The van der Waals surface area contributed by atoms with Gasteiger partial charge in [-0.1, -0.05) is 0 Å². The molecule has 2 N–H and O–H groups in total. The SMILES string of the molecule is CC(N)C(=O)c1cncc2ccncc12. The van der Waals surface area contributed by atoms with E-state index in [0.29, 0.717) is 5.56 Å². The van der Waals surface area contributed by atoms with E-state index >= 15 is 0 Å². The van der Waals surface area contributed by atoms with E-state index in [2.05, 4.69) is 9.97 Å². The van der Waals surface area contributed by atoms with E-state index in [1.807, 2.05) is 6.07 Å². The van der Waals surface area contributed by atoms with Gasteiger partial charge in [0.1, 0.15) is 0 Å². The molecule has 0 bridgehead atoms. The number of pyridine rings is 2. The highest BCUT2D eigenvalue weighted by atomic mass is 16.1. The summed E-state index contributed by atoms with van der Waals surface area (Å²) in [4.78, 5) is 19.8. The summed E-state index contributed by atoms with van der Waals surface area (Å²) in [5.41, 5.74) is 6.10. The van der Waals surface area contributed by atoms with Crippen molar-refractivity contribution in [3.05, 3.63) is 36.4 Å². The number of rotatable bonds is 2. The fourth-order valence-electron chi connectivity index (χ4n) is 1.45. The number of nitrogens with two attached hydrogens (primary N) is 1. The summed E-state index contributed by atoms with van der Waals surface area (Å²) in [5.74, 6) is -0.110. The summed E-state index contributed by atoms with van der Waals surface area (Å²) in [6, 6.07) is 1.30. The molecule has 0 amide bonds. The molecule has 0 aliphatic heterocycles. The van der Waals surface area contributed by atoms with Gasteiger partial charge < -0.3 is 5.73 Å². The van der Waals surface area contributed by atoms with Crippen LogP contribution in [0.5, 0.6) is 0 Å². The third kappa shape index (κ3) is 1.71. The smallest absolute Gasteiger partial charge is 0.181 e. The molecule has 4 heteroatoms. The van der Waals surface area contributed by atoms with Crippen LogP contribution < -0.4 is 5.73 Å². The first-order valence-corrected chi connectivity index (χ1v) is 4.67. The summed E-state index contributed by atoms with van der Waals surface area (Å²) >= 11 is 0. The standard InChI is InChI=1S/C11H11N3O/c1-7(12)11(15)10-6-14-4-8-2-3-13-5-9(8)10/h2-7H,12H2,1H3. The highest BCUT2D eigenvalue weighted by molar-refractivity contribution is 6.09. The molecule has 0 saturated heterocycles. The summed E-state index contributed by atoms with van der Waals surface area (Å²) < 4.78 is 0. The maximum Gasteiger partial charge on any atom is 0.181 e. The minimum atomic E-state index is -0.516. The van der Waals surface area contributed by atoms with Crippen molar-refractivity contribution in [2.24, 2.45) is 5.73 Å². The summed E-state index contributed by atoms with van der Waals surface area (Å²) in [7, 11) is 0. The molecule has 0 aliphatic carbocycles. The Morgan fingerprint density at radius 2 is 2.13 bits per heavy atom. The molecular weight excluding hydrogens is 190 g/mol. The number of hydrogen-bond donors (Lipinski definition) is 1. The van der Waals surface area contributed by atoms with Crippen LogP contribution in [0.15, 0.2) is 30.9 Å². The maximum atomic E-state index is 11.8. The second kappa shape index (κ2) is 3.74. The van der Waals surface area contributed by atoms with E-state index in [1.54, 1.807) is 25.5 Å². The van der Waals surface area contributed by atoms with E-state index in [4.69, 9.17) is 5.73 Å². The van der Waals surface area contributed by atoms with Crippen molar-refractivity contribution in [3.8, 4) is 0 Å². The number of fused-ring (bicyclic) bond motifs is 1. The summed E-state index contributed by atoms with van der Waals surface area (Å²) in [6.07, 6.45) is 6.57. The van der Waals surface area contributed by atoms with E-state index in [0.717, 1.165) is 10.8 Å². The Labute approximate surface area is 87.1 Å². The van der Waals surface area contributed by atoms with Gasteiger partial charge in [0.05, 0.1) is 6.04 Å². The second-order valence-corrected chi connectivity index (χ2v) is 3.44. The zero-order valence-corrected chi connectivity index (χ0v) is 8.34. The molecule has 2 heterocycles. The fourth-order valence-corrected chi connectivity index (χ4v) is 1.45. The van der Waals surface area contributed by atoms with Crippen molar-refractivity contribution in [3.63, 3.8) is 0 Å². The average molecular weight is 201 g/mol. The maximum absolute atomic E-state index is 11.8. The number of ketones is 1. The molecule has 0 spiro atoms. The number of carbonyl (C=O) groups is 1. The Balaban J connectivity index is 2.66. The van der Waals surface area contributed by atoms with Crippen LogP contribution in [0, 0.1) is 0 Å². The topological polar surface area (TPSA) is 68.9 Å². The second-order valence-electron chi connectivity index (χ2n) is 3.44. The van der Waals surface area contributed by atoms with Gasteiger partial charge in [-0.2, -0.15) is 0 Å². The first kappa shape index (κ1) is 9.73. The molecule has 15 heavy (non-hydrogen) atoms. The Bertz CT molecular complexity index is 503. The first-order chi connectivity index (χ1) is 7.20. The van der Waals surface area contributed by atoms with Gasteiger partial charge >= 0.3 is 0 Å². The van der Waals surface area contributed by atoms with Gasteiger partial charge in [-0.05, 0) is 13.0 Å². The highest BCUT2D eigenvalue weighted by Crippen LogP contribution is 2.16. The third-order valence-corrected chi connectivity index (χ3v) is 2.24. The molecule has 0 aromatic carbocycles. The zero-order chi connectivity index (χ0) is 10.8. The minimum absolute atomic E-state index is 0.110. The van der Waals surface area contributed by atoms with E-state index in [-0.39, 0.29) is 5.78 Å². The lowest BCUT2D eigenvalue weighted by molar-refractivity contribution is 0.0969. The highest BCUT2D eigenvalue weighted by Gasteiger charge is 2.14. The number of nitrogens with zero attached hydrogens (tertiary/aromatic N) is 2. The predicted octanol–water partition coefficient (Wildman–Crippen LogP) is 1.16. The van der Waals surface area contributed by atoms with Gasteiger partial charge in [-0.15, -0.1) is 0 Å². The van der Waals surface area contributed by atoms with Crippen molar-refractivity contribution in [1.29, 1.82) is 0 Å². The third-order valence-electron chi connectivity index (χ3n) is 2.24. The van der Waals surface area contributed by atoms with Crippen LogP contribution in [-0.2, 0) is 0 Å². The quantitative estimate of drug-likeness (QED) is 0.740. The molecule has 0 radical (unpaired) electrons. The van der Waals surface area contributed by atoms with Crippen LogP contribution >= 0.6 is 0 Å². The first-order valence-electron chi connectivity index (χ1n) is 4.67. The van der Waals surface area contributed by atoms with E-state index in [9.17, 15) is 4.79 Å². The number of Topliss-reactive ketones (excluding diaryl/α,β-unsaturated/α-hetero) is 1. The van der Waals surface area contributed by atoms with Crippen LogP contribution in [0.4, 0.5) is 0 Å². The van der Waals surface area contributed by atoms with Crippen LogP contribution in [0.2, 0.25) is 0 Å². The summed E-state index contributed by atoms with van der Waals surface area (Å²) in [6.45, 7) is 1.66. The predicted molar refractivity (Wildman–Crippen MR) is 57.5 cm³/mol. The lowest BCUT2D eigenvalue weighted by atomic mass is 10.0. The molecule has 2 rings (SSSR count). The van der Waals surface area contributed by atoms with Gasteiger partial charge in [0, 0.05) is 41.1 Å². The van der Waals surface area contributed by atoms with Crippen molar-refractivity contribution >= 4 is 16.6 Å². The van der Waals surface area contributed by atoms with Gasteiger partial charge in [-0.25, -0.2) is 0 Å². The Morgan fingerprint density at radius 3 is 2.87 bits per heavy atom. The van der Waals surface area contributed by atoms with Crippen LogP contribution in [0.25, 0.3) is 10.8 Å². The van der Waals surface area contributed by atoms with Crippen LogP contribution in [0.3, 0.4) is 0 Å². The summed E-state index contributed by atoms with van der Waals surface area (Å²) in [5, 5.41) is 1.70. The number of carbonyl (C=O) groups excluding carboxylic acids is 1. The van der Waals surface area contributed by atoms with E-state index in [1.165, 1.54) is 6.20 Å². The fraction of sp³-hybridized carbons (Fsp3) is 0.182. The largest absolute Gasteiger partial charge is 0.321 e. The monoisotopic (exact) mass is 201 g/mol. The Hall–Kier alpha value is -1.81. The molecule has 1 atom stereocenters. The normalized spacial score (nSPS) is 12.7. The molecule has 0 saturated carbocycles. The van der Waals surface area contributed by atoms with Crippen LogP contribution in [-0.4, -0.2) is 21.8 Å². The van der Waals surface area contributed by atoms with Crippen LogP contribution in [0.1, 0.15) is 17.3 Å². The number of aromatic nitrogens is 2. The zero-order valence-electron chi connectivity index (χ0n) is 8.34. The van der Waals surface area contributed by atoms with Crippen molar-refractivity contribution < 1.29 is 4.79 Å². The average Bonchev–Trinajstić information content (AvgIpc) is 2.27. The van der Waals surface area contributed by atoms with Gasteiger partial charge in [0.15, 0.2) is 5.78 Å². The molecule has 0 aliphatic rings. The number of hydrogen-bond acceptors (Lipinski definition) is 4. The van der Waals surface area contributed by atoms with Crippen molar-refractivity contribution in [1.82, 2.24) is 9.97 Å². The molecule has 4 nitrogen and oxygen atoms in total. The lowest BCUT2D eigenvalue weighted by Crippen LogP contribution is -2.26. The van der Waals surface area contributed by atoms with Crippen molar-refractivity contribution in [2.45, 2.75) is 13.0 Å². The molecule has 2 aromatic rings. The van der Waals surface area contributed by atoms with Gasteiger partial charge in [0.2, 0.25) is 0 Å². The molecule has 0 fully saturated rings.